The fourth-order valence-electron chi connectivity index (χ4n) is 0.727. The lowest BCUT2D eigenvalue weighted by molar-refractivity contribution is 0.468. The van der Waals surface area contributed by atoms with Gasteiger partial charge in [0, 0.05) is 0 Å². The predicted molar refractivity (Wildman–Crippen MR) is 38.4 cm³/mol. The minimum Gasteiger partial charge on any atom is -0.463 e. The van der Waals surface area contributed by atoms with Crippen LogP contribution in [0.1, 0.15) is 11.5 Å². The molecule has 0 unspecified atom stereocenters. The molecular formula is C7H8N2O2. The van der Waals surface area contributed by atoms with Crippen LogP contribution in [0.25, 0.3) is 0 Å². The molecule has 0 spiro atoms. The zero-order valence-electron chi connectivity index (χ0n) is 5.91. The third kappa shape index (κ3) is 2.04. The Morgan fingerprint density at radius 3 is 2.82 bits per heavy atom. The van der Waals surface area contributed by atoms with Gasteiger partial charge in [-0.15, -0.1) is 0 Å². The van der Waals surface area contributed by atoms with E-state index in [1.54, 1.807) is 12.1 Å². The molecule has 0 radical (unpaired) electrons. The average molecular weight is 152 g/mol. The van der Waals surface area contributed by atoms with Crippen LogP contribution in [-0.2, 0) is 17.9 Å². The lowest BCUT2D eigenvalue weighted by Crippen LogP contribution is -1.92. The van der Waals surface area contributed by atoms with Crippen molar-refractivity contribution in [2.24, 2.45) is 10.7 Å². The molecule has 0 aliphatic carbocycles. The van der Waals surface area contributed by atoms with Crippen molar-refractivity contribution < 1.29 is 9.21 Å². The van der Waals surface area contributed by atoms with Gasteiger partial charge in [0.25, 0.3) is 0 Å². The average Bonchev–Trinajstić information content (AvgIpc) is 2.48. The molecule has 4 heteroatoms. The van der Waals surface area contributed by atoms with Crippen molar-refractivity contribution in [3.63, 3.8) is 0 Å². The summed E-state index contributed by atoms with van der Waals surface area (Å²) in [4.78, 5) is 13.0. The van der Waals surface area contributed by atoms with Crippen molar-refractivity contribution in [2.45, 2.75) is 13.1 Å². The Labute approximate surface area is 63.7 Å². The van der Waals surface area contributed by atoms with Crippen LogP contribution in [0.2, 0.25) is 0 Å². The van der Waals surface area contributed by atoms with Crippen molar-refractivity contribution in [3.8, 4) is 0 Å². The van der Waals surface area contributed by atoms with Crippen molar-refractivity contribution in [1.82, 2.24) is 0 Å². The van der Waals surface area contributed by atoms with Crippen LogP contribution in [0.4, 0.5) is 0 Å². The molecule has 0 aromatic carbocycles. The Balaban J connectivity index is 2.64. The molecule has 11 heavy (non-hydrogen) atoms. The number of nitrogens with two attached hydrogens (primary N) is 1. The lowest BCUT2D eigenvalue weighted by Gasteiger charge is -1.87. The highest BCUT2D eigenvalue weighted by atomic mass is 16.3. The van der Waals surface area contributed by atoms with Gasteiger partial charge in [0.2, 0.25) is 6.08 Å². The summed E-state index contributed by atoms with van der Waals surface area (Å²) in [6.45, 7) is 0.605. The maximum absolute atomic E-state index is 9.70. The molecule has 0 saturated carbocycles. The van der Waals surface area contributed by atoms with Gasteiger partial charge >= 0.3 is 0 Å². The first-order chi connectivity index (χ1) is 5.36. The molecule has 4 nitrogen and oxygen atoms in total. The first-order valence-corrected chi connectivity index (χ1v) is 3.18. The highest BCUT2D eigenvalue weighted by Gasteiger charge is 1.97. The molecule has 0 amide bonds. The first-order valence-electron chi connectivity index (χ1n) is 3.18. The van der Waals surface area contributed by atoms with Gasteiger partial charge in [0.15, 0.2) is 0 Å². The van der Waals surface area contributed by atoms with Gasteiger partial charge in [-0.3, -0.25) is 0 Å². The van der Waals surface area contributed by atoms with E-state index in [0.29, 0.717) is 18.1 Å². The second-order valence-corrected chi connectivity index (χ2v) is 1.98. The molecule has 1 rings (SSSR count). The second-order valence-electron chi connectivity index (χ2n) is 1.98. The summed E-state index contributed by atoms with van der Waals surface area (Å²) in [6, 6.07) is 3.50. The number of rotatable bonds is 3. The van der Waals surface area contributed by atoms with Crippen molar-refractivity contribution in [3.05, 3.63) is 23.7 Å². The predicted octanol–water partition coefficient (Wildman–Crippen LogP) is 0.574. The number of hydrogen-bond donors (Lipinski definition) is 1. The summed E-state index contributed by atoms with van der Waals surface area (Å²) >= 11 is 0. The standard InChI is InChI=1S/C7H8N2O2/c8-3-6-1-2-7(11-6)4-9-5-10/h1-2H,3-4,8H2. The van der Waals surface area contributed by atoms with Gasteiger partial charge in [-0.25, -0.2) is 4.79 Å². The van der Waals surface area contributed by atoms with Crippen LogP contribution in [0, 0.1) is 0 Å². The molecular weight excluding hydrogens is 144 g/mol. The zero-order chi connectivity index (χ0) is 8.10. The van der Waals surface area contributed by atoms with Crippen LogP contribution in [0.15, 0.2) is 21.5 Å². The first kappa shape index (κ1) is 7.72. The minimum absolute atomic E-state index is 0.240. The molecule has 0 fully saturated rings. The summed E-state index contributed by atoms with van der Waals surface area (Å²) in [5.41, 5.74) is 5.29. The Morgan fingerprint density at radius 1 is 1.55 bits per heavy atom. The Bertz CT molecular complexity index is 274. The number of furan rings is 1. The number of carbonyl (C=O) groups excluding carboxylic acids is 1. The number of isocyanates is 1. The van der Waals surface area contributed by atoms with E-state index >= 15 is 0 Å². The molecule has 0 aliphatic rings. The van der Waals surface area contributed by atoms with E-state index < -0.39 is 0 Å². The van der Waals surface area contributed by atoms with E-state index in [9.17, 15) is 4.79 Å². The van der Waals surface area contributed by atoms with E-state index in [4.69, 9.17) is 10.2 Å². The lowest BCUT2D eigenvalue weighted by atomic mass is 10.4. The van der Waals surface area contributed by atoms with Gasteiger partial charge in [0.05, 0.1) is 6.54 Å². The number of nitrogens with zero attached hydrogens (tertiary/aromatic N) is 1. The number of aliphatic imine (C=N–C) groups is 1. The zero-order valence-corrected chi connectivity index (χ0v) is 5.91. The normalized spacial score (nSPS) is 9.18. The topological polar surface area (TPSA) is 68.6 Å². The van der Waals surface area contributed by atoms with E-state index in [1.807, 2.05) is 0 Å². The van der Waals surface area contributed by atoms with Gasteiger partial charge in [-0.2, -0.15) is 4.99 Å². The molecule has 0 saturated heterocycles. The van der Waals surface area contributed by atoms with Crippen molar-refractivity contribution in [2.75, 3.05) is 0 Å². The molecule has 58 valence electrons. The third-order valence-electron chi connectivity index (χ3n) is 1.22. The van der Waals surface area contributed by atoms with Crippen LogP contribution in [0.5, 0.6) is 0 Å². The summed E-state index contributed by atoms with van der Waals surface area (Å²) in [5, 5.41) is 0. The van der Waals surface area contributed by atoms with Crippen LogP contribution in [0.3, 0.4) is 0 Å². The van der Waals surface area contributed by atoms with E-state index in [0.717, 1.165) is 0 Å². The van der Waals surface area contributed by atoms with E-state index in [-0.39, 0.29) is 6.54 Å². The SMILES string of the molecule is NCc1ccc(CN=C=O)o1. The van der Waals surface area contributed by atoms with E-state index in [2.05, 4.69) is 4.99 Å². The minimum atomic E-state index is 0.240. The quantitative estimate of drug-likeness (QED) is 0.508. The van der Waals surface area contributed by atoms with Crippen LogP contribution in [-0.4, -0.2) is 6.08 Å². The van der Waals surface area contributed by atoms with Gasteiger partial charge < -0.3 is 10.2 Å². The van der Waals surface area contributed by atoms with Gasteiger partial charge in [0.1, 0.15) is 18.1 Å². The largest absolute Gasteiger partial charge is 0.463 e. The molecule has 0 aliphatic heterocycles. The molecule has 2 N–H and O–H groups in total. The summed E-state index contributed by atoms with van der Waals surface area (Å²) in [7, 11) is 0. The summed E-state index contributed by atoms with van der Waals surface area (Å²) in [6.07, 6.45) is 1.43. The smallest absolute Gasteiger partial charge is 0.235 e. The van der Waals surface area contributed by atoms with E-state index in [1.165, 1.54) is 6.08 Å². The van der Waals surface area contributed by atoms with Crippen molar-refractivity contribution >= 4 is 6.08 Å². The van der Waals surface area contributed by atoms with Gasteiger partial charge in [-0.05, 0) is 12.1 Å². The monoisotopic (exact) mass is 152 g/mol. The molecule has 1 aromatic heterocycles. The Hall–Kier alpha value is -1.38. The van der Waals surface area contributed by atoms with Crippen molar-refractivity contribution in [1.29, 1.82) is 0 Å². The molecule has 1 aromatic rings. The molecule has 0 bridgehead atoms. The molecule has 1 heterocycles. The Morgan fingerprint density at radius 2 is 2.27 bits per heavy atom. The highest BCUT2D eigenvalue weighted by molar-refractivity contribution is 5.33. The number of hydrogen-bond acceptors (Lipinski definition) is 4. The molecule has 0 atom stereocenters. The summed E-state index contributed by atoms with van der Waals surface area (Å²) < 4.78 is 5.14. The highest BCUT2D eigenvalue weighted by Crippen LogP contribution is 2.07. The van der Waals surface area contributed by atoms with Crippen LogP contribution >= 0.6 is 0 Å². The Kier molecular flexibility index (Phi) is 2.60. The fraction of sp³-hybridized carbons (Fsp3) is 0.286. The summed E-state index contributed by atoms with van der Waals surface area (Å²) in [5.74, 6) is 1.33. The second kappa shape index (κ2) is 3.71. The van der Waals surface area contributed by atoms with Gasteiger partial charge in [-0.1, -0.05) is 0 Å². The third-order valence-corrected chi connectivity index (χ3v) is 1.22. The fourth-order valence-corrected chi connectivity index (χ4v) is 0.727. The maximum Gasteiger partial charge on any atom is 0.235 e. The maximum atomic E-state index is 9.70. The van der Waals surface area contributed by atoms with Crippen LogP contribution < -0.4 is 5.73 Å².